The van der Waals surface area contributed by atoms with Gasteiger partial charge in [0.2, 0.25) is 0 Å². The van der Waals surface area contributed by atoms with Gasteiger partial charge in [-0.05, 0) is 6.42 Å². The molecule has 0 spiro atoms. The Morgan fingerprint density at radius 1 is 1.61 bits per heavy atom. The van der Waals surface area contributed by atoms with E-state index in [1.54, 1.807) is 18.4 Å². The van der Waals surface area contributed by atoms with Gasteiger partial charge in [-0.3, -0.25) is 4.79 Å². The number of aromatic nitrogens is 1. The molecular weight excluding hydrogens is 252 g/mol. The lowest BCUT2D eigenvalue weighted by Crippen LogP contribution is -2.20. The Bertz CT molecular complexity index is 408. The van der Waals surface area contributed by atoms with Crippen LogP contribution < -0.4 is 4.90 Å². The summed E-state index contributed by atoms with van der Waals surface area (Å²) in [5.74, 6) is 0.341. The highest BCUT2D eigenvalue weighted by Gasteiger charge is 2.24. The van der Waals surface area contributed by atoms with E-state index < -0.39 is 0 Å². The van der Waals surface area contributed by atoms with Gasteiger partial charge in [0, 0.05) is 31.5 Å². The van der Waals surface area contributed by atoms with Crippen LogP contribution in [0.5, 0.6) is 0 Å². The molecule has 1 saturated heterocycles. The molecule has 1 unspecified atom stereocenters. The minimum absolute atomic E-state index is 0.245. The summed E-state index contributed by atoms with van der Waals surface area (Å²) >= 11 is 1.59. The summed E-state index contributed by atoms with van der Waals surface area (Å²) in [5, 5.41) is 2.92. The quantitative estimate of drug-likeness (QED) is 0.756. The molecule has 100 valence electrons. The minimum Gasteiger partial charge on any atom is -0.469 e. The fraction of sp³-hybridized carbons (Fsp3) is 0.667. The van der Waals surface area contributed by atoms with E-state index in [-0.39, 0.29) is 12.4 Å². The van der Waals surface area contributed by atoms with Crippen molar-refractivity contribution in [3.63, 3.8) is 0 Å². The Hall–Kier alpha value is -1.14. The molecule has 0 N–H and O–H groups in total. The van der Waals surface area contributed by atoms with Crippen molar-refractivity contribution in [2.24, 2.45) is 5.92 Å². The number of anilines is 1. The standard InChI is InChI=1S/C12H18N2O3S/c1-16-7-9-3-4-14(6-9)12-13-10(8-18-12)5-11(15)17-2/h8-9H,3-7H2,1-2H3. The van der Waals surface area contributed by atoms with E-state index >= 15 is 0 Å². The molecule has 1 aliphatic heterocycles. The first-order valence-electron chi connectivity index (χ1n) is 5.98. The first-order chi connectivity index (χ1) is 8.72. The van der Waals surface area contributed by atoms with Crippen LogP contribution in [0.1, 0.15) is 12.1 Å². The van der Waals surface area contributed by atoms with Crippen LogP contribution in [0.4, 0.5) is 5.13 Å². The molecule has 1 fully saturated rings. The number of carbonyl (C=O) groups excluding carboxylic acids is 1. The van der Waals surface area contributed by atoms with Gasteiger partial charge < -0.3 is 14.4 Å². The van der Waals surface area contributed by atoms with Crippen molar-refractivity contribution in [1.82, 2.24) is 4.98 Å². The second-order valence-electron chi connectivity index (χ2n) is 4.43. The first-order valence-corrected chi connectivity index (χ1v) is 6.86. The van der Waals surface area contributed by atoms with Crippen molar-refractivity contribution < 1.29 is 14.3 Å². The summed E-state index contributed by atoms with van der Waals surface area (Å²) in [6.07, 6.45) is 1.39. The maximum Gasteiger partial charge on any atom is 0.311 e. The van der Waals surface area contributed by atoms with Gasteiger partial charge in [0.25, 0.3) is 0 Å². The summed E-state index contributed by atoms with van der Waals surface area (Å²) in [7, 11) is 3.13. The highest BCUT2D eigenvalue weighted by molar-refractivity contribution is 7.13. The number of nitrogens with zero attached hydrogens (tertiary/aromatic N) is 2. The van der Waals surface area contributed by atoms with Crippen molar-refractivity contribution in [2.75, 3.05) is 38.8 Å². The van der Waals surface area contributed by atoms with Crippen molar-refractivity contribution in [1.29, 1.82) is 0 Å². The largest absolute Gasteiger partial charge is 0.469 e. The number of methoxy groups -OCH3 is 2. The number of hydrogen-bond acceptors (Lipinski definition) is 6. The number of esters is 1. The van der Waals surface area contributed by atoms with E-state index in [2.05, 4.69) is 14.6 Å². The van der Waals surface area contributed by atoms with Gasteiger partial charge in [-0.25, -0.2) is 4.98 Å². The minimum atomic E-state index is -0.245. The third-order valence-electron chi connectivity index (χ3n) is 3.05. The van der Waals surface area contributed by atoms with Crippen LogP contribution in [0.25, 0.3) is 0 Å². The zero-order valence-corrected chi connectivity index (χ0v) is 11.5. The zero-order chi connectivity index (χ0) is 13.0. The summed E-state index contributed by atoms with van der Waals surface area (Å²) in [6.45, 7) is 2.80. The zero-order valence-electron chi connectivity index (χ0n) is 10.7. The monoisotopic (exact) mass is 270 g/mol. The van der Waals surface area contributed by atoms with Crippen LogP contribution in [0.2, 0.25) is 0 Å². The number of thiazole rings is 1. The molecule has 6 heteroatoms. The third kappa shape index (κ3) is 3.20. The molecule has 0 amide bonds. The van der Waals surface area contributed by atoms with E-state index in [1.807, 2.05) is 5.38 Å². The second-order valence-corrected chi connectivity index (χ2v) is 5.27. The Labute approximate surface area is 111 Å². The van der Waals surface area contributed by atoms with E-state index in [1.165, 1.54) is 7.11 Å². The van der Waals surface area contributed by atoms with E-state index in [0.29, 0.717) is 5.92 Å². The Balaban J connectivity index is 1.92. The molecule has 1 aromatic rings. The Morgan fingerprint density at radius 2 is 2.44 bits per heavy atom. The lowest BCUT2D eigenvalue weighted by atomic mass is 10.1. The van der Waals surface area contributed by atoms with Crippen molar-refractivity contribution in [3.8, 4) is 0 Å². The number of hydrogen-bond donors (Lipinski definition) is 0. The molecule has 2 rings (SSSR count). The highest BCUT2D eigenvalue weighted by atomic mass is 32.1. The number of carbonyl (C=O) groups is 1. The smallest absolute Gasteiger partial charge is 0.311 e. The molecule has 1 aliphatic rings. The van der Waals surface area contributed by atoms with Crippen LogP contribution in [0.15, 0.2) is 5.38 Å². The number of ether oxygens (including phenoxy) is 2. The van der Waals surface area contributed by atoms with Gasteiger partial charge in [-0.2, -0.15) is 0 Å². The molecule has 2 heterocycles. The molecule has 1 aromatic heterocycles. The van der Waals surface area contributed by atoms with Gasteiger partial charge in [0.15, 0.2) is 5.13 Å². The van der Waals surface area contributed by atoms with Gasteiger partial charge in [-0.15, -0.1) is 11.3 Å². The SMILES string of the molecule is COCC1CCN(c2nc(CC(=O)OC)cs2)C1. The Morgan fingerprint density at radius 3 is 3.17 bits per heavy atom. The fourth-order valence-corrected chi connectivity index (χ4v) is 2.98. The van der Waals surface area contributed by atoms with E-state index in [4.69, 9.17) is 4.74 Å². The van der Waals surface area contributed by atoms with Crippen LogP contribution in [-0.2, 0) is 20.7 Å². The summed E-state index contributed by atoms with van der Waals surface area (Å²) in [4.78, 5) is 17.9. The van der Waals surface area contributed by atoms with Gasteiger partial charge in [0.05, 0.1) is 25.8 Å². The molecule has 0 aliphatic carbocycles. The average molecular weight is 270 g/mol. The number of rotatable bonds is 5. The predicted octanol–water partition coefficient (Wildman–Crippen LogP) is 1.33. The van der Waals surface area contributed by atoms with Crippen LogP contribution >= 0.6 is 11.3 Å². The van der Waals surface area contributed by atoms with Crippen LogP contribution in [0, 0.1) is 5.92 Å². The third-order valence-corrected chi connectivity index (χ3v) is 4.00. The van der Waals surface area contributed by atoms with Crippen molar-refractivity contribution in [3.05, 3.63) is 11.1 Å². The Kier molecular flexibility index (Phi) is 4.54. The normalized spacial score (nSPS) is 19.2. The predicted molar refractivity (Wildman–Crippen MR) is 70.0 cm³/mol. The van der Waals surface area contributed by atoms with Gasteiger partial charge in [-0.1, -0.05) is 0 Å². The summed E-state index contributed by atoms with van der Waals surface area (Å²) in [6, 6.07) is 0. The lowest BCUT2D eigenvalue weighted by Gasteiger charge is -2.14. The van der Waals surface area contributed by atoms with E-state index in [9.17, 15) is 4.79 Å². The molecule has 0 radical (unpaired) electrons. The molecule has 5 nitrogen and oxygen atoms in total. The molecule has 0 aromatic carbocycles. The molecule has 18 heavy (non-hydrogen) atoms. The van der Waals surface area contributed by atoms with Crippen LogP contribution in [0.3, 0.4) is 0 Å². The maximum absolute atomic E-state index is 11.2. The highest BCUT2D eigenvalue weighted by Crippen LogP contribution is 2.27. The molecule has 1 atom stereocenters. The van der Waals surface area contributed by atoms with Gasteiger partial charge >= 0.3 is 5.97 Å². The van der Waals surface area contributed by atoms with Crippen molar-refractivity contribution >= 4 is 22.4 Å². The van der Waals surface area contributed by atoms with Crippen molar-refractivity contribution in [2.45, 2.75) is 12.8 Å². The topological polar surface area (TPSA) is 51.7 Å². The van der Waals surface area contributed by atoms with Gasteiger partial charge in [0.1, 0.15) is 0 Å². The maximum atomic E-state index is 11.2. The first kappa shape index (κ1) is 13.3. The lowest BCUT2D eigenvalue weighted by molar-refractivity contribution is -0.139. The second kappa shape index (κ2) is 6.15. The molecular formula is C12H18N2O3S. The van der Waals surface area contributed by atoms with Crippen LogP contribution in [-0.4, -0.2) is 44.9 Å². The van der Waals surface area contributed by atoms with E-state index in [0.717, 1.165) is 36.9 Å². The molecule has 0 bridgehead atoms. The molecule has 0 saturated carbocycles. The summed E-state index contributed by atoms with van der Waals surface area (Å²) < 4.78 is 9.81. The summed E-state index contributed by atoms with van der Waals surface area (Å²) in [5.41, 5.74) is 0.789. The fourth-order valence-electron chi connectivity index (χ4n) is 2.12. The average Bonchev–Trinajstić information content (AvgIpc) is 2.98.